The molecule has 31 heteroatoms. The van der Waals surface area contributed by atoms with Crippen LogP contribution >= 0.6 is 0 Å². The zero-order valence-corrected chi connectivity index (χ0v) is 21.6. The standard InChI is InChI=1S/C11H16O8.Fe.3NO3.10H2O/c12-7(13)2-1-3-11(4-8(14)15,5-9(16)17)6-10(18)19;;3*2-1(3)4;;;;;;;;;;/h1-6H2,(H,12,13)(H,14,15)(H,16,17)(H,18,19);;;;;10*1H2/q;+3;3*-1;;;;;;;;;;. The number of carbonyl (C=O) groups is 4. The Balaban J connectivity index is -0.0000000212. The number of carboxylic acids is 4. The minimum absolute atomic E-state index is 0. The van der Waals surface area contributed by atoms with E-state index in [4.69, 9.17) is 66.4 Å². The van der Waals surface area contributed by atoms with Crippen LogP contribution < -0.4 is 0 Å². The number of carboxylic acid groups (broad SMARTS) is 4. The summed E-state index contributed by atoms with van der Waals surface area (Å²) in [5, 5.41) is 79.1. The van der Waals surface area contributed by atoms with Gasteiger partial charge < -0.3 is 121 Å². The van der Waals surface area contributed by atoms with Gasteiger partial charge in [-0.05, 0) is 12.8 Å². The zero-order chi connectivity index (χ0) is 25.8. The van der Waals surface area contributed by atoms with Crippen molar-refractivity contribution in [3.05, 3.63) is 46.0 Å². The average Bonchev–Trinajstić information content (AvgIpc) is 2.41. The van der Waals surface area contributed by atoms with Crippen LogP contribution in [-0.2, 0) is 36.2 Å². The second-order valence-electron chi connectivity index (χ2n) is 5.13. The predicted octanol–water partition coefficient (Wildman–Crippen LogP) is -8.31. The Kier molecular flexibility index (Phi) is 133. The summed E-state index contributed by atoms with van der Waals surface area (Å²) in [5.41, 5.74) is -1.46. The largest absolute Gasteiger partial charge is 3.00 e. The van der Waals surface area contributed by atoms with E-state index in [0.717, 1.165) is 0 Å². The van der Waals surface area contributed by atoms with Gasteiger partial charge in [0, 0.05) is 11.8 Å². The van der Waals surface area contributed by atoms with Gasteiger partial charge in [-0.15, -0.1) is 0 Å². The molecule has 0 aliphatic rings. The maximum atomic E-state index is 10.8. The molecule has 265 valence electrons. The van der Waals surface area contributed by atoms with E-state index in [1.807, 2.05) is 0 Å². The third-order valence-electron chi connectivity index (χ3n) is 2.68. The van der Waals surface area contributed by atoms with Crippen molar-refractivity contribution in [2.24, 2.45) is 5.41 Å². The second kappa shape index (κ2) is 56.7. The Morgan fingerprint density at radius 3 is 0.762 bits per heavy atom. The van der Waals surface area contributed by atoms with Gasteiger partial charge >= 0.3 is 40.9 Å². The maximum absolute atomic E-state index is 10.8. The molecule has 0 aliphatic heterocycles. The van der Waals surface area contributed by atoms with E-state index in [-0.39, 0.29) is 91.1 Å². The van der Waals surface area contributed by atoms with Crippen LogP contribution in [0.25, 0.3) is 0 Å². The van der Waals surface area contributed by atoms with Gasteiger partial charge in [-0.3, -0.25) is 19.2 Å². The Morgan fingerprint density at radius 2 is 0.643 bits per heavy atom. The van der Waals surface area contributed by atoms with Crippen molar-refractivity contribution in [2.45, 2.75) is 38.5 Å². The van der Waals surface area contributed by atoms with Gasteiger partial charge in [0.15, 0.2) is 0 Å². The normalized spacial score (nSPS) is 6.67. The van der Waals surface area contributed by atoms with Crippen molar-refractivity contribution in [3.8, 4) is 0 Å². The van der Waals surface area contributed by atoms with Crippen LogP contribution in [0.3, 0.4) is 0 Å². The number of rotatable bonds is 10. The Morgan fingerprint density at radius 1 is 0.476 bits per heavy atom. The van der Waals surface area contributed by atoms with Crippen LogP contribution in [0.4, 0.5) is 0 Å². The molecule has 0 fully saturated rings. The van der Waals surface area contributed by atoms with Gasteiger partial charge in [0.25, 0.3) is 0 Å². The van der Waals surface area contributed by atoms with Gasteiger partial charge in [0.05, 0.1) is 34.5 Å². The van der Waals surface area contributed by atoms with E-state index in [1.54, 1.807) is 0 Å². The Hall–Kier alpha value is -4.40. The summed E-state index contributed by atoms with van der Waals surface area (Å²) >= 11 is 0. The van der Waals surface area contributed by atoms with Crippen LogP contribution in [0.15, 0.2) is 0 Å². The fourth-order valence-electron chi connectivity index (χ4n) is 2.03. The molecule has 0 aromatic rings. The maximum Gasteiger partial charge on any atom is 3.00 e. The summed E-state index contributed by atoms with van der Waals surface area (Å²) in [6.07, 6.45) is -2.17. The van der Waals surface area contributed by atoms with E-state index in [2.05, 4.69) is 0 Å². The first-order chi connectivity index (χ1) is 13.9. The fourth-order valence-corrected chi connectivity index (χ4v) is 2.03. The molecule has 30 nitrogen and oxygen atoms in total. The van der Waals surface area contributed by atoms with Crippen molar-refractivity contribution in [2.75, 3.05) is 0 Å². The van der Waals surface area contributed by atoms with Crippen LogP contribution in [0.5, 0.6) is 0 Å². The van der Waals surface area contributed by atoms with Crippen molar-refractivity contribution in [1.82, 2.24) is 0 Å². The van der Waals surface area contributed by atoms with E-state index in [0.29, 0.717) is 0 Å². The van der Waals surface area contributed by atoms with E-state index in [1.165, 1.54) is 0 Å². The van der Waals surface area contributed by atoms with E-state index < -0.39 is 63.8 Å². The minimum atomic E-state index is -1.75. The van der Waals surface area contributed by atoms with Crippen LogP contribution in [0, 0.1) is 51.4 Å². The molecular weight excluding hydrogens is 662 g/mol. The SMILES string of the molecule is O.O.O.O.O.O.O.O.O.O.O=C(O)CCCC(CC(=O)O)(CC(=O)O)CC(=O)O.O=[N+]([O-])[O-].O=[N+]([O-])[O-].O=[N+]([O-])[O-].[Fe+3]. The molecule has 42 heavy (non-hydrogen) atoms. The Bertz CT molecular complexity index is 565. The number of aliphatic carboxylic acids is 4. The molecule has 24 N–H and O–H groups in total. The summed E-state index contributed by atoms with van der Waals surface area (Å²) in [7, 11) is 0. The monoisotopic (exact) mass is 698 g/mol. The molecular formula is C11H36FeN3O27. The molecule has 0 saturated carbocycles. The first-order valence-electron chi connectivity index (χ1n) is 7.18. The molecule has 1 radical (unpaired) electrons. The van der Waals surface area contributed by atoms with E-state index in [9.17, 15) is 19.2 Å². The summed E-state index contributed by atoms with van der Waals surface area (Å²) in [6, 6.07) is 0. The molecule has 0 spiro atoms. The topological polar surface area (TPSA) is 663 Å². The van der Waals surface area contributed by atoms with E-state index >= 15 is 0 Å². The van der Waals surface area contributed by atoms with Crippen molar-refractivity contribution >= 4 is 23.9 Å². The molecule has 0 atom stereocenters. The molecule has 0 aromatic heterocycles. The first kappa shape index (κ1) is 98.6. The molecule has 0 unspecified atom stereocenters. The molecule has 0 saturated heterocycles. The summed E-state index contributed by atoms with van der Waals surface area (Å²) in [5.74, 6) is -5.02. The molecule has 0 rings (SSSR count). The average molecular weight is 698 g/mol. The van der Waals surface area contributed by atoms with Crippen molar-refractivity contribution < 1.29 is 127 Å². The van der Waals surface area contributed by atoms with Gasteiger partial charge in [0.1, 0.15) is 0 Å². The van der Waals surface area contributed by atoms with Crippen molar-refractivity contribution in [3.63, 3.8) is 0 Å². The molecule has 0 bridgehead atoms. The van der Waals surface area contributed by atoms with Gasteiger partial charge in [-0.2, -0.15) is 0 Å². The van der Waals surface area contributed by atoms with Gasteiger partial charge in [0.2, 0.25) is 0 Å². The second-order valence-corrected chi connectivity index (χ2v) is 5.13. The third kappa shape index (κ3) is 138. The number of nitrogens with zero attached hydrogens (tertiary/aromatic N) is 3. The number of hydrogen-bond acceptors (Lipinski definition) is 13. The Labute approximate surface area is 241 Å². The predicted molar refractivity (Wildman–Crippen MR) is 128 cm³/mol. The first-order valence-corrected chi connectivity index (χ1v) is 7.18. The van der Waals surface area contributed by atoms with Crippen molar-refractivity contribution in [1.29, 1.82) is 0 Å². The summed E-state index contributed by atoms with van der Waals surface area (Å²) < 4.78 is 0. The molecule has 0 amide bonds. The van der Waals surface area contributed by atoms with Gasteiger partial charge in [-0.25, -0.2) is 0 Å². The van der Waals surface area contributed by atoms with Crippen LogP contribution in [0.2, 0.25) is 0 Å². The fraction of sp³-hybridized carbons (Fsp3) is 0.636. The molecule has 0 heterocycles. The van der Waals surface area contributed by atoms with Gasteiger partial charge in [-0.1, -0.05) is 0 Å². The minimum Gasteiger partial charge on any atom is -0.481 e. The summed E-state index contributed by atoms with van der Waals surface area (Å²) in [4.78, 5) is 67.5. The smallest absolute Gasteiger partial charge is 0.481 e. The van der Waals surface area contributed by atoms with Crippen LogP contribution in [-0.4, -0.2) is 114 Å². The van der Waals surface area contributed by atoms with Crippen LogP contribution in [0.1, 0.15) is 38.5 Å². The molecule has 0 aliphatic carbocycles. The zero-order valence-electron chi connectivity index (χ0n) is 20.5. The molecule has 0 aromatic carbocycles. The number of hydrogen-bond donors (Lipinski definition) is 4. The quantitative estimate of drug-likeness (QED) is 0.0934. The summed E-state index contributed by atoms with van der Waals surface area (Å²) in [6.45, 7) is 0. The third-order valence-corrected chi connectivity index (χ3v) is 2.68.